The lowest BCUT2D eigenvalue weighted by molar-refractivity contribution is 0.0991. The second-order valence-corrected chi connectivity index (χ2v) is 6.54. The predicted molar refractivity (Wildman–Crippen MR) is 98.6 cm³/mol. The van der Waals surface area contributed by atoms with Crippen molar-refractivity contribution >= 4 is 11.6 Å². The second kappa shape index (κ2) is 6.31. The van der Waals surface area contributed by atoms with Crippen LogP contribution in [0.2, 0.25) is 0 Å². The van der Waals surface area contributed by atoms with Crippen LogP contribution < -0.4 is 5.73 Å². The van der Waals surface area contributed by atoms with Crippen LogP contribution >= 0.6 is 0 Å². The van der Waals surface area contributed by atoms with Gasteiger partial charge in [0, 0.05) is 23.2 Å². The Bertz CT molecular complexity index is 1140. The van der Waals surface area contributed by atoms with Crippen LogP contribution in [0.25, 0.3) is 28.2 Å². The van der Waals surface area contributed by atoms with E-state index in [1.165, 1.54) is 12.1 Å². The van der Waals surface area contributed by atoms with Crippen LogP contribution in [0.3, 0.4) is 0 Å². The minimum atomic E-state index is -0.669. The number of imidazole rings is 1. The van der Waals surface area contributed by atoms with Gasteiger partial charge in [-0.2, -0.15) is 0 Å². The van der Waals surface area contributed by atoms with Crippen LogP contribution in [0.15, 0.2) is 42.6 Å². The summed E-state index contributed by atoms with van der Waals surface area (Å²) in [5.74, 6) is 0.0329. The number of nitrogens with zero attached hydrogens (tertiary/aromatic N) is 4. The first kappa shape index (κ1) is 16.9. The van der Waals surface area contributed by atoms with E-state index < -0.39 is 5.91 Å². The summed E-state index contributed by atoms with van der Waals surface area (Å²) in [6, 6.07) is 9.62. The number of hydrogen-bond acceptors (Lipinski definition) is 4. The molecule has 0 aliphatic rings. The molecule has 0 bridgehead atoms. The molecule has 0 saturated heterocycles. The Balaban J connectivity index is 1.92. The lowest BCUT2D eigenvalue weighted by Gasteiger charge is -2.06. The summed E-state index contributed by atoms with van der Waals surface area (Å²) in [6.07, 6.45) is 1.87. The van der Waals surface area contributed by atoms with Gasteiger partial charge in [-0.1, -0.05) is 13.8 Å². The highest BCUT2D eigenvalue weighted by atomic mass is 19.1. The molecule has 0 radical (unpaired) electrons. The molecular weight excluding hydrogens is 347 g/mol. The molecule has 0 unspecified atom stereocenters. The maximum atomic E-state index is 13.3. The number of carbonyl (C=O) groups is 1. The summed E-state index contributed by atoms with van der Waals surface area (Å²) in [6.45, 7) is 4.07. The molecule has 0 fully saturated rings. The molecule has 1 aromatic carbocycles. The highest BCUT2D eigenvalue weighted by Gasteiger charge is 2.18. The number of hydrogen-bond donors (Lipinski definition) is 2. The van der Waals surface area contributed by atoms with Gasteiger partial charge in [0.1, 0.15) is 11.6 Å². The van der Waals surface area contributed by atoms with Crippen LogP contribution in [0.1, 0.15) is 36.2 Å². The third-order valence-corrected chi connectivity index (χ3v) is 4.29. The first-order chi connectivity index (χ1) is 12.9. The molecule has 1 amide bonds. The molecule has 4 rings (SSSR count). The monoisotopic (exact) mass is 364 g/mol. The average molecular weight is 364 g/mol. The third kappa shape index (κ3) is 2.95. The molecule has 4 aromatic rings. The van der Waals surface area contributed by atoms with Gasteiger partial charge in [-0.05, 0) is 36.4 Å². The highest BCUT2D eigenvalue weighted by molar-refractivity contribution is 5.92. The van der Waals surface area contributed by atoms with Crippen LogP contribution in [0.4, 0.5) is 4.39 Å². The quantitative estimate of drug-likeness (QED) is 0.581. The summed E-state index contributed by atoms with van der Waals surface area (Å²) in [5.41, 5.74) is 8.69. The van der Waals surface area contributed by atoms with Crippen LogP contribution in [-0.4, -0.2) is 30.5 Å². The molecule has 27 heavy (non-hydrogen) atoms. The number of aromatic amines is 1. The van der Waals surface area contributed by atoms with Gasteiger partial charge in [0.25, 0.3) is 5.91 Å². The smallest absolute Gasteiger partial charge is 0.284 e. The standard InChI is InChI=1S/C19H17FN6O/c1-10(2)19-25-24-14-8-5-12(9-26(14)19)16-15(22-18(23-16)17(21)27)11-3-6-13(20)7-4-11/h3-10H,1-2H3,(H2,21,27)(H,22,23). The molecular formula is C19H17FN6O. The normalized spacial score (nSPS) is 11.4. The lowest BCUT2D eigenvalue weighted by atomic mass is 10.1. The van der Waals surface area contributed by atoms with Crippen molar-refractivity contribution in [2.24, 2.45) is 5.73 Å². The number of H-pyrrole nitrogens is 1. The first-order valence-corrected chi connectivity index (χ1v) is 8.45. The number of primary amides is 1. The van der Waals surface area contributed by atoms with E-state index in [9.17, 15) is 9.18 Å². The van der Waals surface area contributed by atoms with Gasteiger partial charge in [0.15, 0.2) is 11.5 Å². The summed E-state index contributed by atoms with van der Waals surface area (Å²) in [7, 11) is 0. The van der Waals surface area contributed by atoms with Gasteiger partial charge in [0.05, 0.1) is 11.4 Å². The summed E-state index contributed by atoms with van der Waals surface area (Å²) >= 11 is 0. The van der Waals surface area contributed by atoms with Crippen molar-refractivity contribution in [3.8, 4) is 22.5 Å². The number of amides is 1. The Kier molecular flexibility index (Phi) is 3.95. The van der Waals surface area contributed by atoms with E-state index in [4.69, 9.17) is 5.73 Å². The van der Waals surface area contributed by atoms with Gasteiger partial charge in [-0.15, -0.1) is 10.2 Å². The van der Waals surface area contributed by atoms with E-state index in [1.54, 1.807) is 12.1 Å². The van der Waals surface area contributed by atoms with Crippen LogP contribution in [0, 0.1) is 5.82 Å². The van der Waals surface area contributed by atoms with Gasteiger partial charge >= 0.3 is 0 Å². The van der Waals surface area contributed by atoms with E-state index in [-0.39, 0.29) is 17.6 Å². The van der Waals surface area contributed by atoms with E-state index in [0.29, 0.717) is 17.0 Å². The molecule has 3 heterocycles. The Morgan fingerprint density at radius 2 is 1.81 bits per heavy atom. The average Bonchev–Trinajstić information content (AvgIpc) is 3.26. The minimum Gasteiger partial charge on any atom is -0.363 e. The van der Waals surface area contributed by atoms with Gasteiger partial charge < -0.3 is 10.7 Å². The molecule has 0 aliphatic carbocycles. The Hall–Kier alpha value is -3.55. The molecule has 0 spiro atoms. The minimum absolute atomic E-state index is 0.0391. The van der Waals surface area contributed by atoms with Crippen LogP contribution in [-0.2, 0) is 0 Å². The summed E-state index contributed by atoms with van der Waals surface area (Å²) in [5, 5.41) is 8.39. The fourth-order valence-corrected chi connectivity index (χ4v) is 2.97. The number of pyridine rings is 1. The summed E-state index contributed by atoms with van der Waals surface area (Å²) in [4.78, 5) is 19.0. The molecule has 3 aromatic heterocycles. The van der Waals surface area contributed by atoms with Crippen molar-refractivity contribution in [3.05, 3.63) is 60.1 Å². The zero-order chi connectivity index (χ0) is 19.1. The van der Waals surface area contributed by atoms with Crippen molar-refractivity contribution in [2.75, 3.05) is 0 Å². The number of halogens is 1. The van der Waals surface area contributed by atoms with Gasteiger partial charge in [0.2, 0.25) is 0 Å². The SMILES string of the molecule is CC(C)c1nnc2ccc(-c3nc(C(N)=O)[nH]c3-c3ccc(F)cc3)cn12. The van der Waals surface area contributed by atoms with Crippen molar-refractivity contribution < 1.29 is 9.18 Å². The number of benzene rings is 1. The van der Waals surface area contributed by atoms with E-state index in [2.05, 4.69) is 20.2 Å². The van der Waals surface area contributed by atoms with Crippen molar-refractivity contribution in [3.63, 3.8) is 0 Å². The molecule has 3 N–H and O–H groups in total. The maximum Gasteiger partial charge on any atom is 0.284 e. The second-order valence-electron chi connectivity index (χ2n) is 6.54. The zero-order valence-corrected chi connectivity index (χ0v) is 14.8. The third-order valence-electron chi connectivity index (χ3n) is 4.29. The maximum absolute atomic E-state index is 13.3. The number of nitrogens with two attached hydrogens (primary N) is 1. The number of carbonyl (C=O) groups excluding carboxylic acids is 1. The molecule has 136 valence electrons. The molecule has 0 saturated carbocycles. The van der Waals surface area contributed by atoms with E-state index in [0.717, 1.165) is 17.0 Å². The van der Waals surface area contributed by atoms with Crippen molar-refractivity contribution in [2.45, 2.75) is 19.8 Å². The van der Waals surface area contributed by atoms with Crippen molar-refractivity contribution in [1.29, 1.82) is 0 Å². The Morgan fingerprint density at radius 1 is 1.11 bits per heavy atom. The lowest BCUT2D eigenvalue weighted by Crippen LogP contribution is -2.12. The molecule has 8 heteroatoms. The Morgan fingerprint density at radius 3 is 2.48 bits per heavy atom. The number of nitrogens with one attached hydrogen (secondary N) is 1. The Labute approximate surface area is 154 Å². The largest absolute Gasteiger partial charge is 0.363 e. The van der Waals surface area contributed by atoms with E-state index in [1.807, 2.05) is 36.6 Å². The van der Waals surface area contributed by atoms with Crippen LogP contribution in [0.5, 0.6) is 0 Å². The topological polar surface area (TPSA) is 102 Å². The molecule has 0 atom stereocenters. The predicted octanol–water partition coefficient (Wildman–Crippen LogP) is 3.15. The number of aromatic nitrogens is 5. The number of fused-ring (bicyclic) bond motifs is 1. The van der Waals surface area contributed by atoms with Crippen molar-refractivity contribution in [1.82, 2.24) is 24.6 Å². The van der Waals surface area contributed by atoms with E-state index >= 15 is 0 Å². The van der Waals surface area contributed by atoms with Gasteiger partial charge in [-0.3, -0.25) is 9.20 Å². The summed E-state index contributed by atoms with van der Waals surface area (Å²) < 4.78 is 15.2. The fraction of sp³-hybridized carbons (Fsp3) is 0.158. The zero-order valence-electron chi connectivity index (χ0n) is 14.8. The highest BCUT2D eigenvalue weighted by Crippen LogP contribution is 2.31. The van der Waals surface area contributed by atoms with Gasteiger partial charge in [-0.25, -0.2) is 9.37 Å². The first-order valence-electron chi connectivity index (χ1n) is 8.45. The molecule has 0 aliphatic heterocycles. The number of rotatable bonds is 4. The molecule has 7 nitrogen and oxygen atoms in total. The fourth-order valence-electron chi connectivity index (χ4n) is 2.97.